The minimum atomic E-state index is -0.173. The van der Waals surface area contributed by atoms with Crippen LogP contribution in [0.15, 0.2) is 48.8 Å². The van der Waals surface area contributed by atoms with Crippen molar-refractivity contribution in [1.82, 2.24) is 4.98 Å². The van der Waals surface area contributed by atoms with Gasteiger partial charge in [-0.1, -0.05) is 0 Å². The lowest BCUT2D eigenvalue weighted by molar-refractivity contribution is 0.257. The van der Waals surface area contributed by atoms with Gasteiger partial charge in [0.15, 0.2) is 0 Å². The molecule has 0 spiro atoms. The van der Waals surface area contributed by atoms with E-state index < -0.39 is 0 Å². The molecule has 0 fully saturated rings. The van der Waals surface area contributed by atoms with E-state index in [-0.39, 0.29) is 6.03 Å². The van der Waals surface area contributed by atoms with E-state index in [2.05, 4.69) is 10.3 Å². The molecule has 110 valence electrons. The average Bonchev–Trinajstić information content (AvgIpc) is 2.51. The molecule has 21 heavy (non-hydrogen) atoms. The zero-order valence-corrected chi connectivity index (χ0v) is 12.2. The summed E-state index contributed by atoms with van der Waals surface area (Å²) in [6.45, 7) is 5.07. The van der Waals surface area contributed by atoms with E-state index in [1.165, 1.54) is 0 Å². The van der Waals surface area contributed by atoms with Crippen molar-refractivity contribution in [3.8, 4) is 5.75 Å². The van der Waals surface area contributed by atoms with Gasteiger partial charge in [-0.25, -0.2) is 4.79 Å². The van der Waals surface area contributed by atoms with E-state index in [0.29, 0.717) is 13.2 Å². The van der Waals surface area contributed by atoms with E-state index in [1.54, 1.807) is 29.4 Å². The van der Waals surface area contributed by atoms with Crippen LogP contribution in [0, 0.1) is 0 Å². The number of urea groups is 1. The van der Waals surface area contributed by atoms with Crippen molar-refractivity contribution >= 4 is 17.4 Å². The van der Waals surface area contributed by atoms with Crippen LogP contribution in [0.5, 0.6) is 5.75 Å². The number of ether oxygens (including phenoxy) is 1. The van der Waals surface area contributed by atoms with Crippen LogP contribution in [0.3, 0.4) is 0 Å². The number of carbonyl (C=O) groups excluding carboxylic acids is 1. The van der Waals surface area contributed by atoms with E-state index in [4.69, 9.17) is 4.74 Å². The van der Waals surface area contributed by atoms with Gasteiger partial charge in [0, 0.05) is 30.3 Å². The number of nitrogens with one attached hydrogen (secondary N) is 1. The first kappa shape index (κ1) is 14.8. The number of carbonyl (C=O) groups is 1. The Hall–Kier alpha value is -2.56. The number of aromatic nitrogens is 1. The minimum absolute atomic E-state index is 0.173. The molecular weight excluding hydrogens is 266 g/mol. The first-order valence-electron chi connectivity index (χ1n) is 6.96. The van der Waals surface area contributed by atoms with Crippen molar-refractivity contribution < 1.29 is 9.53 Å². The first-order chi connectivity index (χ1) is 10.2. The Balaban J connectivity index is 2.09. The van der Waals surface area contributed by atoms with Crippen LogP contribution >= 0.6 is 0 Å². The van der Waals surface area contributed by atoms with Crippen LogP contribution in [0.1, 0.15) is 13.8 Å². The van der Waals surface area contributed by atoms with Gasteiger partial charge < -0.3 is 10.1 Å². The van der Waals surface area contributed by atoms with Crippen molar-refractivity contribution in [3.05, 3.63) is 48.8 Å². The maximum atomic E-state index is 12.3. The monoisotopic (exact) mass is 285 g/mol. The summed E-state index contributed by atoms with van der Waals surface area (Å²) in [4.78, 5) is 17.9. The average molecular weight is 285 g/mol. The van der Waals surface area contributed by atoms with E-state index in [0.717, 1.165) is 17.1 Å². The second-order valence-corrected chi connectivity index (χ2v) is 4.34. The summed E-state index contributed by atoms with van der Waals surface area (Å²) in [6, 6.07) is 10.8. The number of pyridine rings is 1. The van der Waals surface area contributed by atoms with Crippen molar-refractivity contribution in [1.29, 1.82) is 0 Å². The predicted octanol–water partition coefficient (Wildman–Crippen LogP) is 3.54. The molecular formula is C16H19N3O2. The van der Waals surface area contributed by atoms with Gasteiger partial charge in [-0.15, -0.1) is 0 Å². The Labute approximate surface area is 124 Å². The van der Waals surface area contributed by atoms with Crippen LogP contribution < -0.4 is 15.0 Å². The van der Waals surface area contributed by atoms with Crippen LogP contribution in [-0.4, -0.2) is 24.2 Å². The fourth-order valence-corrected chi connectivity index (χ4v) is 1.96. The summed E-state index contributed by atoms with van der Waals surface area (Å²) in [6.07, 6.45) is 3.28. The molecule has 0 bridgehead atoms. The highest BCUT2D eigenvalue weighted by molar-refractivity contribution is 6.01. The highest BCUT2D eigenvalue weighted by atomic mass is 16.5. The molecule has 0 saturated carbocycles. The van der Waals surface area contributed by atoms with Gasteiger partial charge in [0.1, 0.15) is 5.75 Å². The summed E-state index contributed by atoms with van der Waals surface area (Å²) in [5, 5.41) is 2.85. The third kappa shape index (κ3) is 3.95. The summed E-state index contributed by atoms with van der Waals surface area (Å²) >= 11 is 0. The maximum Gasteiger partial charge on any atom is 0.326 e. The molecule has 2 amide bonds. The van der Waals surface area contributed by atoms with Crippen molar-refractivity contribution in [2.45, 2.75) is 13.8 Å². The summed E-state index contributed by atoms with van der Waals surface area (Å²) in [5.41, 5.74) is 1.55. The van der Waals surface area contributed by atoms with Crippen LogP contribution in [0.2, 0.25) is 0 Å². The summed E-state index contributed by atoms with van der Waals surface area (Å²) < 4.78 is 5.40. The van der Waals surface area contributed by atoms with Gasteiger partial charge >= 0.3 is 6.03 Å². The van der Waals surface area contributed by atoms with Crippen LogP contribution in [0.4, 0.5) is 16.2 Å². The van der Waals surface area contributed by atoms with Gasteiger partial charge in [-0.05, 0) is 50.2 Å². The second kappa shape index (κ2) is 7.28. The Morgan fingerprint density at radius 1 is 1.14 bits per heavy atom. The molecule has 1 aromatic heterocycles. The number of hydrogen-bond donors (Lipinski definition) is 1. The quantitative estimate of drug-likeness (QED) is 0.914. The molecule has 5 heteroatoms. The van der Waals surface area contributed by atoms with Gasteiger partial charge in [-0.3, -0.25) is 9.88 Å². The standard InChI is InChI=1S/C16H19N3O2/c1-3-19(14-5-7-15(8-6-14)21-4-2)16(20)18-13-9-11-17-12-10-13/h5-12H,3-4H2,1-2H3,(H,17,18,20). The topological polar surface area (TPSA) is 54.5 Å². The number of benzene rings is 1. The highest BCUT2D eigenvalue weighted by Crippen LogP contribution is 2.20. The Bertz CT molecular complexity index is 570. The molecule has 2 rings (SSSR count). The molecule has 0 saturated heterocycles. The molecule has 0 atom stereocenters. The lowest BCUT2D eigenvalue weighted by Crippen LogP contribution is -2.34. The van der Waals surface area contributed by atoms with E-state index in [1.807, 2.05) is 38.1 Å². The summed E-state index contributed by atoms with van der Waals surface area (Å²) in [5.74, 6) is 0.798. The van der Waals surface area contributed by atoms with Crippen LogP contribution in [-0.2, 0) is 0 Å². The molecule has 1 heterocycles. The van der Waals surface area contributed by atoms with E-state index >= 15 is 0 Å². The molecule has 0 radical (unpaired) electrons. The van der Waals surface area contributed by atoms with Crippen molar-refractivity contribution in [2.24, 2.45) is 0 Å². The van der Waals surface area contributed by atoms with Crippen molar-refractivity contribution in [3.63, 3.8) is 0 Å². The zero-order chi connectivity index (χ0) is 15.1. The number of anilines is 2. The van der Waals surface area contributed by atoms with Gasteiger partial charge in [-0.2, -0.15) is 0 Å². The predicted molar refractivity (Wildman–Crippen MR) is 83.9 cm³/mol. The third-order valence-electron chi connectivity index (χ3n) is 2.95. The fraction of sp³-hybridized carbons (Fsp3) is 0.250. The number of hydrogen-bond acceptors (Lipinski definition) is 3. The minimum Gasteiger partial charge on any atom is -0.494 e. The smallest absolute Gasteiger partial charge is 0.326 e. The Morgan fingerprint density at radius 3 is 2.38 bits per heavy atom. The molecule has 0 aliphatic heterocycles. The molecule has 1 N–H and O–H groups in total. The largest absolute Gasteiger partial charge is 0.494 e. The number of amides is 2. The van der Waals surface area contributed by atoms with Crippen molar-refractivity contribution in [2.75, 3.05) is 23.4 Å². The maximum absolute atomic E-state index is 12.3. The molecule has 0 unspecified atom stereocenters. The van der Waals surface area contributed by atoms with Gasteiger partial charge in [0.25, 0.3) is 0 Å². The lowest BCUT2D eigenvalue weighted by atomic mass is 10.2. The molecule has 2 aromatic rings. The molecule has 5 nitrogen and oxygen atoms in total. The van der Waals surface area contributed by atoms with Crippen LogP contribution in [0.25, 0.3) is 0 Å². The number of rotatable bonds is 5. The van der Waals surface area contributed by atoms with Gasteiger partial charge in [0.2, 0.25) is 0 Å². The zero-order valence-electron chi connectivity index (χ0n) is 12.2. The third-order valence-corrected chi connectivity index (χ3v) is 2.95. The first-order valence-corrected chi connectivity index (χ1v) is 6.96. The number of nitrogens with zero attached hydrogens (tertiary/aromatic N) is 2. The molecule has 0 aliphatic rings. The van der Waals surface area contributed by atoms with E-state index in [9.17, 15) is 4.79 Å². The lowest BCUT2D eigenvalue weighted by Gasteiger charge is -2.21. The highest BCUT2D eigenvalue weighted by Gasteiger charge is 2.13. The molecule has 0 aliphatic carbocycles. The normalized spacial score (nSPS) is 10.0. The fourth-order valence-electron chi connectivity index (χ4n) is 1.96. The second-order valence-electron chi connectivity index (χ2n) is 4.34. The Morgan fingerprint density at radius 2 is 1.81 bits per heavy atom. The molecule has 1 aromatic carbocycles. The Kier molecular flexibility index (Phi) is 5.15. The SMILES string of the molecule is CCOc1ccc(N(CC)C(=O)Nc2ccncc2)cc1. The summed E-state index contributed by atoms with van der Waals surface area (Å²) in [7, 11) is 0. The van der Waals surface area contributed by atoms with Gasteiger partial charge in [0.05, 0.1) is 6.61 Å².